The number of anilines is 2. The summed E-state index contributed by atoms with van der Waals surface area (Å²) < 4.78 is 4.84. The van der Waals surface area contributed by atoms with E-state index >= 15 is 0 Å². The van der Waals surface area contributed by atoms with E-state index in [1.807, 2.05) is 0 Å². The van der Waals surface area contributed by atoms with Gasteiger partial charge in [-0.3, -0.25) is 14.5 Å². The Hall–Kier alpha value is -3.28. The van der Waals surface area contributed by atoms with E-state index in [0.29, 0.717) is 45.4 Å². The van der Waals surface area contributed by atoms with Crippen LogP contribution in [0.3, 0.4) is 0 Å². The molecule has 0 radical (unpaired) electrons. The van der Waals surface area contributed by atoms with Gasteiger partial charge in [-0.05, 0) is 62.4 Å². The highest BCUT2D eigenvalue weighted by Gasteiger charge is 2.39. The van der Waals surface area contributed by atoms with E-state index in [-0.39, 0.29) is 34.9 Å². The van der Waals surface area contributed by atoms with Gasteiger partial charge < -0.3 is 10.1 Å². The quantitative estimate of drug-likeness (QED) is 0.253. The van der Waals surface area contributed by atoms with Gasteiger partial charge in [0.15, 0.2) is 0 Å². The third kappa shape index (κ3) is 7.52. The van der Waals surface area contributed by atoms with E-state index in [2.05, 4.69) is 36.3 Å². The summed E-state index contributed by atoms with van der Waals surface area (Å²) in [5.41, 5.74) is 2.01. The number of carbonyl (C=O) groups is 4. The SMILES string of the molecule is CCOC(=O)/C(Cl)=C/c1cc(N2C(=O)C3=C(CCCC3)C2=O)ccc1Cl.CNC(=O)N(C)c1nnc(C(C)(C)C)s1. The van der Waals surface area contributed by atoms with Crippen LogP contribution in [0, 0.1) is 0 Å². The molecular formula is C28H33Cl2N5O5S. The Kier molecular flexibility index (Phi) is 10.7. The van der Waals surface area contributed by atoms with Crippen molar-refractivity contribution in [3.8, 4) is 0 Å². The molecule has 41 heavy (non-hydrogen) atoms. The predicted octanol–water partition coefficient (Wildman–Crippen LogP) is 5.84. The summed E-state index contributed by atoms with van der Waals surface area (Å²) in [5.74, 6) is -1.22. The number of ether oxygens (including phenoxy) is 1. The number of aromatic nitrogens is 2. The summed E-state index contributed by atoms with van der Waals surface area (Å²) in [6, 6.07) is 4.55. The molecule has 1 aromatic carbocycles. The van der Waals surface area contributed by atoms with Gasteiger partial charge >= 0.3 is 12.0 Å². The summed E-state index contributed by atoms with van der Waals surface area (Å²) in [4.78, 5) is 51.0. The first kappa shape index (κ1) is 32.2. The van der Waals surface area contributed by atoms with Crippen LogP contribution in [0.1, 0.15) is 63.9 Å². The fourth-order valence-electron chi connectivity index (χ4n) is 4.06. The highest BCUT2D eigenvalue weighted by molar-refractivity contribution is 7.15. The summed E-state index contributed by atoms with van der Waals surface area (Å²) in [6.45, 7) is 8.07. The van der Waals surface area contributed by atoms with Gasteiger partial charge in [0.2, 0.25) is 5.13 Å². The second-order valence-corrected chi connectivity index (χ2v) is 12.1. The highest BCUT2D eigenvalue weighted by atomic mass is 35.5. The number of esters is 1. The molecule has 1 aromatic heterocycles. The van der Waals surface area contributed by atoms with E-state index in [1.165, 1.54) is 27.2 Å². The number of nitrogens with one attached hydrogen (secondary N) is 1. The van der Waals surface area contributed by atoms with Crippen LogP contribution in [-0.4, -0.2) is 54.7 Å². The van der Waals surface area contributed by atoms with Gasteiger partial charge in [0.1, 0.15) is 10.0 Å². The summed E-state index contributed by atoms with van der Waals surface area (Å²) in [6.07, 6.45) is 4.45. The van der Waals surface area contributed by atoms with Crippen LogP contribution in [0.15, 0.2) is 34.4 Å². The van der Waals surface area contributed by atoms with E-state index in [1.54, 1.807) is 39.2 Å². The lowest BCUT2D eigenvalue weighted by molar-refractivity contribution is -0.137. The molecule has 0 unspecified atom stereocenters. The Labute approximate surface area is 253 Å². The second kappa shape index (κ2) is 13.6. The van der Waals surface area contributed by atoms with Gasteiger partial charge in [-0.15, -0.1) is 10.2 Å². The van der Waals surface area contributed by atoms with Gasteiger partial charge in [-0.2, -0.15) is 0 Å². The standard InChI is InChI=1S/C19H17Cl2NO4.C9H16N4OS/c1-2-26-19(25)16(21)10-11-9-12(7-8-15(11)20)22-17(23)13-5-3-4-6-14(13)18(22)24;1-9(2,3)6-11-12-8(15-6)13(5)7(14)10-4/h7-10H,2-6H2,1H3;1-5H3,(H,10,14)/b16-10-;. The first-order valence-corrected chi connectivity index (χ1v) is 14.6. The van der Waals surface area contributed by atoms with E-state index in [0.717, 1.165) is 17.8 Å². The Morgan fingerprint density at radius 1 is 1.15 bits per heavy atom. The van der Waals surface area contributed by atoms with Crippen molar-refractivity contribution in [2.45, 2.75) is 58.8 Å². The van der Waals surface area contributed by atoms with Crippen molar-refractivity contribution in [2.75, 3.05) is 30.5 Å². The van der Waals surface area contributed by atoms with Crippen LogP contribution in [0.2, 0.25) is 5.02 Å². The maximum absolute atomic E-state index is 12.7. The first-order chi connectivity index (χ1) is 19.3. The third-order valence-electron chi connectivity index (χ3n) is 6.24. The van der Waals surface area contributed by atoms with Crippen LogP contribution in [0.5, 0.6) is 0 Å². The van der Waals surface area contributed by atoms with Crippen LogP contribution in [-0.2, 0) is 24.5 Å². The lowest BCUT2D eigenvalue weighted by Gasteiger charge is -2.16. The van der Waals surface area contributed by atoms with Crippen molar-refractivity contribution < 1.29 is 23.9 Å². The predicted molar refractivity (Wildman–Crippen MR) is 161 cm³/mol. The zero-order valence-corrected chi connectivity index (χ0v) is 26.2. The van der Waals surface area contributed by atoms with Gasteiger partial charge in [-0.25, -0.2) is 14.5 Å². The summed E-state index contributed by atoms with van der Waals surface area (Å²) >= 11 is 13.6. The average Bonchev–Trinajstić information content (AvgIpc) is 3.54. The number of urea groups is 1. The molecule has 2 aromatic rings. The minimum Gasteiger partial charge on any atom is -0.462 e. The minimum absolute atomic E-state index is 0.0283. The molecule has 1 N–H and O–H groups in total. The van der Waals surface area contributed by atoms with Gasteiger partial charge in [0.05, 0.1) is 12.3 Å². The summed E-state index contributed by atoms with van der Waals surface area (Å²) in [5, 5.41) is 12.3. The number of nitrogens with zero attached hydrogens (tertiary/aromatic N) is 4. The molecule has 13 heteroatoms. The molecule has 0 bridgehead atoms. The van der Waals surface area contributed by atoms with Gasteiger partial charge in [-0.1, -0.05) is 55.3 Å². The summed E-state index contributed by atoms with van der Waals surface area (Å²) in [7, 11) is 3.26. The molecule has 0 spiro atoms. The molecule has 2 heterocycles. The van der Waals surface area contributed by atoms with Crippen molar-refractivity contribution in [3.05, 3.63) is 50.0 Å². The Morgan fingerprint density at radius 2 is 1.76 bits per heavy atom. The van der Waals surface area contributed by atoms with Crippen LogP contribution in [0.4, 0.5) is 15.6 Å². The fourth-order valence-corrected chi connectivity index (χ4v) is 5.27. The number of imide groups is 1. The highest BCUT2D eigenvalue weighted by Crippen LogP contribution is 2.37. The molecule has 1 aliphatic heterocycles. The van der Waals surface area contributed by atoms with Gasteiger partial charge in [0.25, 0.3) is 11.8 Å². The Bertz CT molecular complexity index is 1380. The molecule has 0 fully saturated rings. The van der Waals surface area contributed by atoms with Crippen LogP contribution < -0.4 is 15.1 Å². The van der Waals surface area contributed by atoms with Crippen LogP contribution in [0.25, 0.3) is 6.08 Å². The molecule has 4 rings (SSSR count). The minimum atomic E-state index is -0.666. The molecule has 4 amide bonds. The van der Waals surface area contributed by atoms with Crippen molar-refractivity contribution in [2.24, 2.45) is 0 Å². The van der Waals surface area contributed by atoms with Gasteiger partial charge in [0, 0.05) is 35.7 Å². The van der Waals surface area contributed by atoms with E-state index in [9.17, 15) is 19.2 Å². The molecule has 220 valence electrons. The topological polar surface area (TPSA) is 122 Å². The number of hydrogen-bond acceptors (Lipinski definition) is 8. The number of amides is 4. The number of hydrogen-bond donors (Lipinski definition) is 1. The lowest BCUT2D eigenvalue weighted by Crippen LogP contribution is -2.34. The maximum Gasteiger partial charge on any atom is 0.349 e. The Morgan fingerprint density at radius 3 is 2.27 bits per heavy atom. The van der Waals surface area contributed by atoms with Crippen molar-refractivity contribution >= 4 is 75.2 Å². The first-order valence-electron chi connectivity index (χ1n) is 13.0. The van der Waals surface area contributed by atoms with E-state index in [4.69, 9.17) is 27.9 Å². The van der Waals surface area contributed by atoms with Crippen molar-refractivity contribution in [1.29, 1.82) is 0 Å². The zero-order chi connectivity index (χ0) is 30.5. The molecule has 0 saturated heterocycles. The fraction of sp³-hybridized carbons (Fsp3) is 0.429. The molecule has 1 aliphatic carbocycles. The molecule has 0 atom stereocenters. The number of benzene rings is 1. The molecule has 10 nitrogen and oxygen atoms in total. The zero-order valence-electron chi connectivity index (χ0n) is 23.8. The lowest BCUT2D eigenvalue weighted by atomic mass is 9.93. The number of carbonyl (C=O) groups excluding carboxylic acids is 4. The largest absolute Gasteiger partial charge is 0.462 e. The maximum atomic E-state index is 12.7. The Balaban J connectivity index is 0.000000263. The van der Waals surface area contributed by atoms with E-state index < -0.39 is 5.97 Å². The third-order valence-corrected chi connectivity index (χ3v) is 8.28. The second-order valence-electron chi connectivity index (χ2n) is 10.3. The number of rotatable bonds is 5. The monoisotopic (exact) mass is 621 g/mol. The normalized spacial score (nSPS) is 15.3. The molecule has 2 aliphatic rings. The average molecular weight is 623 g/mol. The smallest absolute Gasteiger partial charge is 0.349 e. The number of halogens is 2. The molecular weight excluding hydrogens is 589 g/mol. The van der Waals surface area contributed by atoms with Crippen molar-refractivity contribution in [3.63, 3.8) is 0 Å². The van der Waals surface area contributed by atoms with Crippen molar-refractivity contribution in [1.82, 2.24) is 15.5 Å². The molecule has 0 saturated carbocycles. The van der Waals surface area contributed by atoms with Crippen LogP contribution >= 0.6 is 34.5 Å².